The Hall–Kier alpha value is -1.94. The monoisotopic (exact) mass is 240 g/mol. The molecule has 0 bridgehead atoms. The van der Waals surface area contributed by atoms with Crippen LogP contribution in [0.2, 0.25) is 0 Å². The van der Waals surface area contributed by atoms with E-state index >= 15 is 0 Å². The highest BCUT2D eigenvalue weighted by molar-refractivity contribution is 5.74. The maximum atomic E-state index is 4.35. The lowest BCUT2D eigenvalue weighted by Gasteiger charge is -2.30. The first-order valence-corrected chi connectivity index (χ1v) is 6.27. The molecule has 18 heavy (non-hydrogen) atoms. The van der Waals surface area contributed by atoms with Crippen LogP contribution < -0.4 is 10.2 Å². The van der Waals surface area contributed by atoms with E-state index in [1.165, 1.54) is 5.69 Å². The topological polar surface area (TPSA) is 41.1 Å². The molecule has 92 valence electrons. The van der Waals surface area contributed by atoms with Crippen molar-refractivity contribution in [2.45, 2.75) is 0 Å². The summed E-state index contributed by atoms with van der Waals surface area (Å²) in [5.74, 6) is 0.798. The molecule has 0 amide bonds. The first-order chi connectivity index (χ1) is 8.95. The van der Waals surface area contributed by atoms with Gasteiger partial charge in [0.25, 0.3) is 0 Å². The normalized spacial score (nSPS) is 15.7. The van der Waals surface area contributed by atoms with Crippen LogP contribution in [0.4, 0.5) is 5.69 Å². The van der Waals surface area contributed by atoms with Gasteiger partial charge in [-0.25, -0.2) is 9.97 Å². The summed E-state index contributed by atoms with van der Waals surface area (Å²) < 4.78 is 0. The van der Waals surface area contributed by atoms with Crippen molar-refractivity contribution in [1.29, 1.82) is 0 Å². The van der Waals surface area contributed by atoms with Crippen LogP contribution >= 0.6 is 0 Å². The molecule has 1 saturated heterocycles. The van der Waals surface area contributed by atoms with E-state index in [4.69, 9.17) is 0 Å². The van der Waals surface area contributed by atoms with E-state index in [1.54, 1.807) is 12.4 Å². The van der Waals surface area contributed by atoms with E-state index < -0.39 is 0 Å². The van der Waals surface area contributed by atoms with Crippen LogP contribution in [-0.2, 0) is 0 Å². The van der Waals surface area contributed by atoms with Gasteiger partial charge in [-0.2, -0.15) is 0 Å². The SMILES string of the molecule is c1cnc(-c2ccccc2N2CCNCC2)nc1. The van der Waals surface area contributed by atoms with Crippen molar-refractivity contribution in [3.05, 3.63) is 42.7 Å². The molecule has 3 rings (SSSR count). The number of piperazine rings is 1. The molecule has 1 N–H and O–H groups in total. The Morgan fingerprint density at radius 2 is 1.67 bits per heavy atom. The zero-order chi connectivity index (χ0) is 12.2. The molecule has 1 aliphatic rings. The van der Waals surface area contributed by atoms with E-state index in [0.717, 1.165) is 37.6 Å². The minimum atomic E-state index is 0.798. The third-order valence-corrected chi connectivity index (χ3v) is 3.17. The number of nitrogens with one attached hydrogen (secondary N) is 1. The van der Waals surface area contributed by atoms with E-state index in [-0.39, 0.29) is 0 Å². The second-order valence-electron chi connectivity index (χ2n) is 4.33. The van der Waals surface area contributed by atoms with Gasteiger partial charge < -0.3 is 10.2 Å². The lowest BCUT2D eigenvalue weighted by Crippen LogP contribution is -2.43. The summed E-state index contributed by atoms with van der Waals surface area (Å²) in [5, 5.41) is 3.37. The van der Waals surface area contributed by atoms with E-state index in [1.807, 2.05) is 12.1 Å². The number of hydrogen-bond acceptors (Lipinski definition) is 4. The molecule has 0 aliphatic carbocycles. The van der Waals surface area contributed by atoms with Crippen LogP contribution in [0.3, 0.4) is 0 Å². The Morgan fingerprint density at radius 3 is 2.44 bits per heavy atom. The number of anilines is 1. The molecule has 0 spiro atoms. The smallest absolute Gasteiger partial charge is 0.161 e. The fraction of sp³-hybridized carbons (Fsp3) is 0.286. The summed E-state index contributed by atoms with van der Waals surface area (Å²) in [7, 11) is 0. The Kier molecular flexibility index (Phi) is 3.19. The molecule has 0 saturated carbocycles. The van der Waals surface area contributed by atoms with Gasteiger partial charge >= 0.3 is 0 Å². The second kappa shape index (κ2) is 5.14. The molecule has 1 fully saturated rings. The second-order valence-corrected chi connectivity index (χ2v) is 4.33. The Morgan fingerprint density at radius 1 is 0.944 bits per heavy atom. The summed E-state index contributed by atoms with van der Waals surface area (Å²) >= 11 is 0. The average Bonchev–Trinajstić information content (AvgIpc) is 2.49. The van der Waals surface area contributed by atoms with Gasteiger partial charge in [0.2, 0.25) is 0 Å². The van der Waals surface area contributed by atoms with Gasteiger partial charge in [0.15, 0.2) is 5.82 Å². The highest BCUT2D eigenvalue weighted by atomic mass is 15.2. The van der Waals surface area contributed by atoms with Gasteiger partial charge in [-0.3, -0.25) is 0 Å². The number of para-hydroxylation sites is 1. The van der Waals surface area contributed by atoms with Gasteiger partial charge in [-0.1, -0.05) is 12.1 Å². The predicted octanol–water partition coefficient (Wildman–Crippen LogP) is 1.55. The maximum Gasteiger partial charge on any atom is 0.161 e. The van der Waals surface area contributed by atoms with E-state index in [2.05, 4.69) is 38.4 Å². The molecule has 2 heterocycles. The molecule has 0 atom stereocenters. The summed E-state index contributed by atoms with van der Waals surface area (Å²) in [4.78, 5) is 11.1. The number of aromatic nitrogens is 2. The van der Waals surface area contributed by atoms with E-state index in [0.29, 0.717) is 0 Å². The Balaban J connectivity index is 1.99. The van der Waals surface area contributed by atoms with Crippen LogP contribution in [0, 0.1) is 0 Å². The molecule has 4 nitrogen and oxygen atoms in total. The fourth-order valence-electron chi connectivity index (χ4n) is 2.28. The van der Waals surface area contributed by atoms with Crippen LogP contribution in [-0.4, -0.2) is 36.1 Å². The summed E-state index contributed by atoms with van der Waals surface area (Å²) in [6.45, 7) is 4.13. The van der Waals surface area contributed by atoms with Crippen molar-refractivity contribution < 1.29 is 0 Å². The van der Waals surface area contributed by atoms with Crippen molar-refractivity contribution in [2.75, 3.05) is 31.1 Å². The van der Waals surface area contributed by atoms with Gasteiger partial charge in [0.05, 0.1) is 0 Å². The maximum absolute atomic E-state index is 4.35. The summed E-state index contributed by atoms with van der Waals surface area (Å²) in [6, 6.07) is 10.2. The quantitative estimate of drug-likeness (QED) is 0.864. The molecule has 4 heteroatoms. The average molecular weight is 240 g/mol. The predicted molar refractivity (Wildman–Crippen MR) is 72.6 cm³/mol. The summed E-state index contributed by atoms with van der Waals surface area (Å²) in [5.41, 5.74) is 2.34. The molecule has 1 aromatic carbocycles. The third-order valence-electron chi connectivity index (χ3n) is 3.17. The van der Waals surface area contributed by atoms with Crippen molar-refractivity contribution in [3.8, 4) is 11.4 Å². The van der Waals surface area contributed by atoms with Crippen molar-refractivity contribution in [3.63, 3.8) is 0 Å². The zero-order valence-electron chi connectivity index (χ0n) is 10.2. The van der Waals surface area contributed by atoms with Gasteiger partial charge in [-0.15, -0.1) is 0 Å². The highest BCUT2D eigenvalue weighted by Gasteiger charge is 2.15. The van der Waals surface area contributed by atoms with Gasteiger partial charge in [0, 0.05) is 49.8 Å². The number of benzene rings is 1. The zero-order valence-corrected chi connectivity index (χ0v) is 10.2. The lowest BCUT2D eigenvalue weighted by atomic mass is 10.1. The standard InChI is InChI=1S/C14H16N4/c1-2-5-13(18-10-8-15-9-11-18)12(4-1)14-16-6-3-7-17-14/h1-7,15H,8-11H2. The molecule has 1 aromatic heterocycles. The van der Waals surface area contributed by atoms with E-state index in [9.17, 15) is 0 Å². The lowest BCUT2D eigenvalue weighted by molar-refractivity contribution is 0.589. The molecule has 0 unspecified atom stereocenters. The van der Waals surface area contributed by atoms with Crippen molar-refractivity contribution in [2.24, 2.45) is 0 Å². The molecule has 1 aliphatic heterocycles. The Labute approximate surface area is 107 Å². The first kappa shape index (κ1) is 11.2. The van der Waals surface area contributed by atoms with Crippen molar-refractivity contribution in [1.82, 2.24) is 15.3 Å². The van der Waals surface area contributed by atoms with Gasteiger partial charge in [-0.05, 0) is 18.2 Å². The fourth-order valence-corrected chi connectivity index (χ4v) is 2.28. The van der Waals surface area contributed by atoms with Crippen LogP contribution in [0.1, 0.15) is 0 Å². The Bertz CT molecular complexity index is 506. The molecular weight excluding hydrogens is 224 g/mol. The molecule has 0 radical (unpaired) electrons. The van der Waals surface area contributed by atoms with Crippen LogP contribution in [0.5, 0.6) is 0 Å². The molecule has 2 aromatic rings. The van der Waals surface area contributed by atoms with Gasteiger partial charge in [0.1, 0.15) is 0 Å². The van der Waals surface area contributed by atoms with Crippen molar-refractivity contribution >= 4 is 5.69 Å². The number of rotatable bonds is 2. The number of hydrogen-bond donors (Lipinski definition) is 1. The minimum Gasteiger partial charge on any atom is -0.368 e. The largest absolute Gasteiger partial charge is 0.368 e. The minimum absolute atomic E-state index is 0.798. The van der Waals surface area contributed by atoms with Crippen LogP contribution in [0.15, 0.2) is 42.7 Å². The highest BCUT2D eigenvalue weighted by Crippen LogP contribution is 2.28. The third kappa shape index (κ3) is 2.19. The first-order valence-electron chi connectivity index (χ1n) is 6.27. The number of nitrogens with zero attached hydrogens (tertiary/aromatic N) is 3. The molecular formula is C14H16N4. The summed E-state index contributed by atoms with van der Waals surface area (Å²) in [6.07, 6.45) is 3.58. The van der Waals surface area contributed by atoms with Crippen LogP contribution in [0.25, 0.3) is 11.4 Å².